The van der Waals surface area contributed by atoms with E-state index >= 15 is 0 Å². The molecule has 1 amide bonds. The summed E-state index contributed by atoms with van der Waals surface area (Å²) >= 11 is 1.89. The summed E-state index contributed by atoms with van der Waals surface area (Å²) in [6, 6.07) is 8.31. The van der Waals surface area contributed by atoms with Gasteiger partial charge in [-0.2, -0.15) is 16.9 Å². The Labute approximate surface area is 156 Å². The van der Waals surface area contributed by atoms with Gasteiger partial charge >= 0.3 is 0 Å². The van der Waals surface area contributed by atoms with Crippen molar-refractivity contribution in [3.05, 3.63) is 42.5 Å². The number of anilines is 1. The highest BCUT2D eigenvalue weighted by Crippen LogP contribution is 2.16. The molecule has 0 bridgehead atoms. The first-order valence-corrected chi connectivity index (χ1v) is 9.88. The smallest absolute Gasteiger partial charge is 0.226 e. The van der Waals surface area contributed by atoms with E-state index in [9.17, 15) is 4.79 Å². The minimum absolute atomic E-state index is 0.0206. The van der Waals surface area contributed by atoms with Gasteiger partial charge in [0.25, 0.3) is 0 Å². The van der Waals surface area contributed by atoms with Gasteiger partial charge in [0, 0.05) is 43.8 Å². The van der Waals surface area contributed by atoms with Gasteiger partial charge in [-0.3, -0.25) is 9.48 Å². The molecular weight excluding hydrogens is 348 g/mol. The normalized spacial score (nSPS) is 17.5. The second-order valence-corrected chi connectivity index (χ2v) is 7.63. The fourth-order valence-electron chi connectivity index (χ4n) is 3.18. The van der Waals surface area contributed by atoms with Gasteiger partial charge in [-0.25, -0.2) is 4.98 Å². The molecule has 0 saturated carbocycles. The van der Waals surface area contributed by atoms with Crippen molar-refractivity contribution in [2.24, 2.45) is 7.05 Å². The number of nitrogens with one attached hydrogen (secondary N) is 2. The van der Waals surface area contributed by atoms with Gasteiger partial charge in [0.1, 0.15) is 5.82 Å². The summed E-state index contributed by atoms with van der Waals surface area (Å²) < 4.78 is 3.87. The molecule has 1 aliphatic rings. The molecule has 136 valence electrons. The van der Waals surface area contributed by atoms with E-state index in [-0.39, 0.29) is 11.9 Å². The maximum Gasteiger partial charge on any atom is 0.226 e. The zero-order chi connectivity index (χ0) is 17.9. The highest BCUT2D eigenvalue weighted by molar-refractivity contribution is 7.99. The van der Waals surface area contributed by atoms with Crippen LogP contribution in [0.3, 0.4) is 0 Å². The minimum atomic E-state index is 0.0206. The number of hydrogen-bond donors (Lipinski definition) is 2. The van der Waals surface area contributed by atoms with E-state index in [2.05, 4.69) is 31.3 Å². The number of thioether (sulfide) groups is 1. The third-order valence-corrected chi connectivity index (χ3v) is 5.66. The summed E-state index contributed by atoms with van der Waals surface area (Å²) in [6.45, 7) is 1.53. The van der Waals surface area contributed by atoms with Crippen LogP contribution >= 0.6 is 11.8 Å². The van der Waals surface area contributed by atoms with E-state index in [0.717, 1.165) is 40.6 Å². The molecule has 1 aromatic carbocycles. The quantitative estimate of drug-likeness (QED) is 0.717. The lowest BCUT2D eigenvalue weighted by Crippen LogP contribution is -2.39. The molecule has 0 aliphatic carbocycles. The van der Waals surface area contributed by atoms with Gasteiger partial charge in [0.15, 0.2) is 0 Å². The number of fused-ring (bicyclic) bond motifs is 1. The summed E-state index contributed by atoms with van der Waals surface area (Å²) in [7, 11) is 2.01. The number of carbonyl (C=O) groups is 1. The maximum absolute atomic E-state index is 12.2. The van der Waals surface area contributed by atoms with E-state index in [4.69, 9.17) is 0 Å². The number of carbonyl (C=O) groups excluding carboxylic acids is 1. The van der Waals surface area contributed by atoms with Crippen LogP contribution in [0.15, 0.2) is 36.7 Å². The highest BCUT2D eigenvalue weighted by atomic mass is 32.2. The van der Waals surface area contributed by atoms with Crippen molar-refractivity contribution in [2.45, 2.75) is 19.0 Å². The van der Waals surface area contributed by atoms with Crippen molar-refractivity contribution in [1.82, 2.24) is 24.6 Å². The molecule has 2 N–H and O–H groups in total. The molecule has 3 heterocycles. The van der Waals surface area contributed by atoms with Gasteiger partial charge in [-0.1, -0.05) is 12.1 Å². The van der Waals surface area contributed by atoms with E-state index in [1.807, 2.05) is 43.2 Å². The zero-order valence-corrected chi connectivity index (χ0v) is 15.5. The largest absolute Gasteiger partial charge is 0.330 e. The van der Waals surface area contributed by atoms with Crippen LogP contribution in [0.4, 0.5) is 5.69 Å². The molecule has 1 unspecified atom stereocenters. The van der Waals surface area contributed by atoms with Gasteiger partial charge < -0.3 is 15.2 Å². The minimum Gasteiger partial charge on any atom is -0.330 e. The molecule has 0 radical (unpaired) electrons. The molecule has 3 aromatic rings. The molecule has 8 heteroatoms. The summed E-state index contributed by atoms with van der Waals surface area (Å²) in [5, 5.41) is 10.7. The molecule has 26 heavy (non-hydrogen) atoms. The van der Waals surface area contributed by atoms with Crippen LogP contribution in [-0.2, 0) is 18.4 Å². The fourth-order valence-corrected chi connectivity index (χ4v) is 4.13. The Kier molecular flexibility index (Phi) is 4.94. The maximum atomic E-state index is 12.2. The van der Waals surface area contributed by atoms with Crippen molar-refractivity contribution >= 4 is 34.4 Å². The number of amides is 1. The number of hydrogen-bond acceptors (Lipinski definition) is 5. The molecule has 1 atom stereocenters. The van der Waals surface area contributed by atoms with Crippen molar-refractivity contribution < 1.29 is 4.79 Å². The Bertz CT molecular complexity index is 911. The highest BCUT2D eigenvalue weighted by Gasteiger charge is 2.17. The average Bonchev–Trinajstić information content (AvgIpc) is 3.21. The summed E-state index contributed by atoms with van der Waals surface area (Å²) in [5.41, 5.74) is 2.79. The Balaban J connectivity index is 1.39. The first-order valence-electron chi connectivity index (χ1n) is 8.73. The topological polar surface area (TPSA) is 76.8 Å². The molecule has 7 nitrogen and oxygen atoms in total. The molecule has 4 rings (SSSR count). The van der Waals surface area contributed by atoms with Crippen LogP contribution < -0.4 is 10.6 Å². The lowest BCUT2D eigenvalue weighted by atomic mass is 10.2. The molecule has 1 saturated heterocycles. The number of imidazole rings is 1. The number of aromatic nitrogens is 4. The Morgan fingerprint density at radius 1 is 1.42 bits per heavy atom. The second-order valence-electron chi connectivity index (χ2n) is 6.48. The molecular formula is C18H22N6OS. The molecule has 1 aliphatic heterocycles. The van der Waals surface area contributed by atoms with Crippen LogP contribution in [0.1, 0.15) is 12.2 Å². The fraction of sp³-hybridized carbons (Fsp3) is 0.389. The predicted molar refractivity (Wildman–Crippen MR) is 104 cm³/mol. The number of para-hydroxylation sites is 2. The van der Waals surface area contributed by atoms with Crippen LogP contribution in [0.5, 0.6) is 0 Å². The molecule has 2 aromatic heterocycles. The Morgan fingerprint density at radius 2 is 2.31 bits per heavy atom. The number of nitrogens with zero attached hydrogens (tertiary/aromatic N) is 4. The SMILES string of the molecule is Cn1c(Cn2cc(NC(=O)CC3CSCCN3)cn2)nc2ccccc21. The predicted octanol–water partition coefficient (Wildman–Crippen LogP) is 1.85. The molecule has 1 fully saturated rings. The van der Waals surface area contributed by atoms with Gasteiger partial charge in [-0.15, -0.1) is 0 Å². The lowest BCUT2D eigenvalue weighted by Gasteiger charge is -2.22. The van der Waals surface area contributed by atoms with Crippen molar-refractivity contribution in [3.8, 4) is 0 Å². The monoisotopic (exact) mass is 370 g/mol. The van der Waals surface area contributed by atoms with Crippen molar-refractivity contribution in [2.75, 3.05) is 23.4 Å². The summed E-state index contributed by atoms with van der Waals surface area (Å²) in [6.07, 6.45) is 4.02. The van der Waals surface area contributed by atoms with Gasteiger partial charge in [-0.05, 0) is 12.1 Å². The van der Waals surface area contributed by atoms with Gasteiger partial charge in [0.05, 0.1) is 29.5 Å². The van der Waals surface area contributed by atoms with Crippen molar-refractivity contribution in [1.29, 1.82) is 0 Å². The standard InChI is InChI=1S/C18H22N6OS/c1-23-16-5-3-2-4-15(16)22-17(23)11-24-10-14(9-20-24)21-18(25)8-13-12-26-7-6-19-13/h2-5,9-10,13,19H,6-8,11-12H2,1H3,(H,21,25). The van der Waals surface area contributed by atoms with Crippen LogP contribution in [-0.4, -0.2) is 49.3 Å². The first-order chi connectivity index (χ1) is 12.7. The van der Waals surface area contributed by atoms with E-state index < -0.39 is 0 Å². The Morgan fingerprint density at radius 3 is 3.12 bits per heavy atom. The van der Waals surface area contributed by atoms with Gasteiger partial charge in [0.2, 0.25) is 5.91 Å². The Hall–Kier alpha value is -2.32. The van der Waals surface area contributed by atoms with Crippen LogP contribution in [0.25, 0.3) is 11.0 Å². The summed E-state index contributed by atoms with van der Waals surface area (Å²) in [4.78, 5) is 16.9. The van der Waals surface area contributed by atoms with E-state index in [1.165, 1.54) is 0 Å². The number of benzene rings is 1. The first kappa shape index (κ1) is 17.1. The number of aryl methyl sites for hydroxylation is 1. The van der Waals surface area contributed by atoms with E-state index in [1.54, 1.807) is 10.9 Å². The summed E-state index contributed by atoms with van der Waals surface area (Å²) in [5.74, 6) is 3.05. The second kappa shape index (κ2) is 7.51. The average molecular weight is 370 g/mol. The third-order valence-electron chi connectivity index (χ3n) is 4.53. The lowest BCUT2D eigenvalue weighted by molar-refractivity contribution is -0.116. The van der Waals surface area contributed by atoms with Crippen LogP contribution in [0, 0.1) is 0 Å². The third kappa shape index (κ3) is 3.76. The molecule has 0 spiro atoms. The van der Waals surface area contributed by atoms with Crippen LogP contribution in [0.2, 0.25) is 0 Å². The van der Waals surface area contributed by atoms with E-state index in [0.29, 0.717) is 13.0 Å². The zero-order valence-electron chi connectivity index (χ0n) is 14.7. The number of rotatable bonds is 5. The van der Waals surface area contributed by atoms with Crippen molar-refractivity contribution in [3.63, 3.8) is 0 Å².